The van der Waals surface area contributed by atoms with Gasteiger partial charge in [0.25, 0.3) is 5.56 Å². The van der Waals surface area contributed by atoms with Crippen molar-refractivity contribution in [2.75, 3.05) is 5.73 Å². The molecule has 14 heavy (non-hydrogen) atoms. The van der Waals surface area contributed by atoms with E-state index in [1.54, 1.807) is 29.8 Å². The SMILES string of the molecule is CC(O)CCCn1cccc(N)c1=O. The molecule has 4 nitrogen and oxygen atoms in total. The van der Waals surface area contributed by atoms with Crippen LogP contribution in [0, 0.1) is 0 Å². The molecule has 0 bridgehead atoms. The number of nitrogen functional groups attached to an aromatic ring is 1. The molecule has 1 heterocycles. The van der Waals surface area contributed by atoms with Crippen LogP contribution in [0.15, 0.2) is 23.1 Å². The number of pyridine rings is 1. The Morgan fingerprint density at radius 1 is 1.64 bits per heavy atom. The van der Waals surface area contributed by atoms with E-state index < -0.39 is 0 Å². The lowest BCUT2D eigenvalue weighted by Crippen LogP contribution is -2.22. The van der Waals surface area contributed by atoms with Crippen LogP contribution in [0.4, 0.5) is 5.69 Å². The van der Waals surface area contributed by atoms with Gasteiger partial charge >= 0.3 is 0 Å². The van der Waals surface area contributed by atoms with Gasteiger partial charge in [0.1, 0.15) is 0 Å². The minimum Gasteiger partial charge on any atom is -0.394 e. The van der Waals surface area contributed by atoms with Crippen LogP contribution in [0.3, 0.4) is 0 Å². The molecular formula is C10H16N2O2. The zero-order valence-corrected chi connectivity index (χ0v) is 8.31. The molecule has 0 aliphatic heterocycles. The number of aryl methyl sites for hydroxylation is 1. The van der Waals surface area contributed by atoms with Crippen molar-refractivity contribution in [2.24, 2.45) is 0 Å². The Balaban J connectivity index is 2.59. The van der Waals surface area contributed by atoms with Crippen LogP contribution in [0.25, 0.3) is 0 Å². The highest BCUT2D eigenvalue weighted by atomic mass is 16.3. The third-order valence-electron chi connectivity index (χ3n) is 2.07. The van der Waals surface area contributed by atoms with Gasteiger partial charge in [-0.15, -0.1) is 0 Å². The fourth-order valence-electron chi connectivity index (χ4n) is 1.29. The fraction of sp³-hybridized carbons (Fsp3) is 0.500. The summed E-state index contributed by atoms with van der Waals surface area (Å²) in [5, 5.41) is 9.04. The van der Waals surface area contributed by atoms with Gasteiger partial charge in [0.05, 0.1) is 11.8 Å². The number of aliphatic hydroxyl groups excluding tert-OH is 1. The number of hydrogen-bond acceptors (Lipinski definition) is 3. The lowest BCUT2D eigenvalue weighted by molar-refractivity contribution is 0.179. The molecule has 0 aliphatic rings. The summed E-state index contributed by atoms with van der Waals surface area (Å²) in [4.78, 5) is 11.4. The minimum atomic E-state index is -0.313. The lowest BCUT2D eigenvalue weighted by Gasteiger charge is -2.07. The quantitative estimate of drug-likeness (QED) is 0.740. The van der Waals surface area contributed by atoms with Gasteiger partial charge in [0, 0.05) is 12.7 Å². The maximum atomic E-state index is 11.4. The number of aliphatic hydroxyl groups is 1. The number of nitrogens with two attached hydrogens (primary N) is 1. The number of hydrogen-bond donors (Lipinski definition) is 2. The first-order valence-corrected chi connectivity index (χ1v) is 4.74. The zero-order chi connectivity index (χ0) is 10.6. The monoisotopic (exact) mass is 196 g/mol. The number of anilines is 1. The normalized spacial score (nSPS) is 12.7. The number of rotatable bonds is 4. The Morgan fingerprint density at radius 2 is 2.36 bits per heavy atom. The highest BCUT2D eigenvalue weighted by Gasteiger charge is 2.00. The van der Waals surface area contributed by atoms with Gasteiger partial charge in [-0.05, 0) is 31.9 Å². The molecule has 0 spiro atoms. The van der Waals surface area contributed by atoms with Crippen molar-refractivity contribution in [1.29, 1.82) is 0 Å². The molecule has 0 saturated heterocycles. The van der Waals surface area contributed by atoms with Gasteiger partial charge in [-0.25, -0.2) is 0 Å². The lowest BCUT2D eigenvalue weighted by atomic mass is 10.2. The average Bonchev–Trinajstić information content (AvgIpc) is 2.12. The second-order valence-corrected chi connectivity index (χ2v) is 3.45. The van der Waals surface area contributed by atoms with Crippen molar-refractivity contribution < 1.29 is 5.11 Å². The summed E-state index contributed by atoms with van der Waals surface area (Å²) < 4.78 is 1.57. The molecule has 0 aliphatic carbocycles. The van der Waals surface area contributed by atoms with E-state index in [4.69, 9.17) is 10.8 Å². The predicted molar refractivity (Wildman–Crippen MR) is 56.0 cm³/mol. The highest BCUT2D eigenvalue weighted by Crippen LogP contribution is 1.99. The van der Waals surface area contributed by atoms with Gasteiger partial charge in [-0.3, -0.25) is 4.79 Å². The molecule has 1 atom stereocenters. The van der Waals surface area contributed by atoms with E-state index in [1.165, 1.54) is 0 Å². The molecular weight excluding hydrogens is 180 g/mol. The van der Waals surface area contributed by atoms with Crippen molar-refractivity contribution in [2.45, 2.75) is 32.4 Å². The molecule has 0 radical (unpaired) electrons. The first kappa shape index (κ1) is 10.8. The van der Waals surface area contributed by atoms with Crippen molar-refractivity contribution in [3.05, 3.63) is 28.7 Å². The second kappa shape index (κ2) is 4.81. The largest absolute Gasteiger partial charge is 0.394 e. The average molecular weight is 196 g/mol. The van der Waals surface area contributed by atoms with Crippen molar-refractivity contribution in [3.8, 4) is 0 Å². The standard InChI is InChI=1S/C10H16N2O2/c1-8(13)4-2-6-12-7-3-5-9(11)10(12)14/h3,5,7-8,13H,2,4,6,11H2,1H3. The van der Waals surface area contributed by atoms with Crippen LogP contribution in [-0.2, 0) is 6.54 Å². The number of nitrogens with zero attached hydrogens (tertiary/aromatic N) is 1. The Kier molecular flexibility index (Phi) is 3.71. The van der Waals surface area contributed by atoms with Crippen LogP contribution >= 0.6 is 0 Å². The van der Waals surface area contributed by atoms with Gasteiger partial charge < -0.3 is 15.4 Å². The third kappa shape index (κ3) is 2.88. The third-order valence-corrected chi connectivity index (χ3v) is 2.07. The van der Waals surface area contributed by atoms with Gasteiger partial charge in [-0.1, -0.05) is 0 Å². The van der Waals surface area contributed by atoms with Crippen LogP contribution < -0.4 is 11.3 Å². The summed E-state index contributed by atoms with van der Waals surface area (Å²) in [6.07, 6.45) is 2.87. The summed E-state index contributed by atoms with van der Waals surface area (Å²) in [5.74, 6) is 0. The second-order valence-electron chi connectivity index (χ2n) is 3.45. The van der Waals surface area contributed by atoms with Crippen molar-refractivity contribution in [1.82, 2.24) is 4.57 Å². The molecule has 1 unspecified atom stereocenters. The summed E-state index contributed by atoms with van der Waals surface area (Å²) in [5.41, 5.74) is 5.58. The maximum Gasteiger partial charge on any atom is 0.273 e. The van der Waals surface area contributed by atoms with E-state index in [1.807, 2.05) is 0 Å². The number of aromatic nitrogens is 1. The Morgan fingerprint density at radius 3 is 3.00 bits per heavy atom. The molecule has 1 rings (SSSR count). The van der Waals surface area contributed by atoms with E-state index in [0.29, 0.717) is 13.0 Å². The van der Waals surface area contributed by atoms with Crippen molar-refractivity contribution >= 4 is 5.69 Å². The van der Waals surface area contributed by atoms with Crippen LogP contribution in [0.2, 0.25) is 0 Å². The van der Waals surface area contributed by atoms with Crippen LogP contribution in [0.1, 0.15) is 19.8 Å². The first-order valence-electron chi connectivity index (χ1n) is 4.74. The molecule has 4 heteroatoms. The minimum absolute atomic E-state index is 0.155. The van der Waals surface area contributed by atoms with Gasteiger partial charge in [0.2, 0.25) is 0 Å². The van der Waals surface area contributed by atoms with Crippen LogP contribution in [0.5, 0.6) is 0 Å². The predicted octanol–water partition coefficient (Wildman–Crippen LogP) is 0.592. The van der Waals surface area contributed by atoms with E-state index in [9.17, 15) is 4.79 Å². The molecule has 0 fully saturated rings. The molecule has 1 aromatic heterocycles. The summed E-state index contributed by atoms with van der Waals surface area (Å²) in [6.45, 7) is 2.34. The molecule has 0 saturated carbocycles. The maximum absolute atomic E-state index is 11.4. The molecule has 1 aromatic rings. The Bertz CT molecular complexity index is 344. The summed E-state index contributed by atoms with van der Waals surface area (Å²) in [6, 6.07) is 3.34. The van der Waals surface area contributed by atoms with E-state index in [2.05, 4.69) is 0 Å². The Hall–Kier alpha value is -1.29. The zero-order valence-electron chi connectivity index (χ0n) is 8.31. The highest BCUT2D eigenvalue weighted by molar-refractivity contribution is 5.33. The van der Waals surface area contributed by atoms with E-state index in [-0.39, 0.29) is 17.4 Å². The van der Waals surface area contributed by atoms with E-state index >= 15 is 0 Å². The van der Waals surface area contributed by atoms with Crippen LogP contribution in [-0.4, -0.2) is 15.8 Å². The molecule has 0 aromatic carbocycles. The first-order chi connectivity index (χ1) is 6.61. The summed E-state index contributed by atoms with van der Waals surface area (Å²) in [7, 11) is 0. The summed E-state index contributed by atoms with van der Waals surface area (Å²) >= 11 is 0. The molecule has 78 valence electrons. The fourth-order valence-corrected chi connectivity index (χ4v) is 1.29. The molecule has 0 amide bonds. The van der Waals surface area contributed by atoms with E-state index in [0.717, 1.165) is 6.42 Å². The molecule has 3 N–H and O–H groups in total. The smallest absolute Gasteiger partial charge is 0.273 e. The van der Waals surface area contributed by atoms with Crippen molar-refractivity contribution in [3.63, 3.8) is 0 Å². The Labute approximate surface area is 83.0 Å². The van der Waals surface area contributed by atoms with Gasteiger partial charge in [0.15, 0.2) is 0 Å². The topological polar surface area (TPSA) is 68.2 Å². The van der Waals surface area contributed by atoms with Gasteiger partial charge in [-0.2, -0.15) is 0 Å².